The van der Waals surface area contributed by atoms with E-state index in [4.69, 9.17) is 4.74 Å². The summed E-state index contributed by atoms with van der Waals surface area (Å²) in [5.41, 5.74) is 3.24. The number of carbonyl (C=O) groups excluding carboxylic acids is 1. The van der Waals surface area contributed by atoms with E-state index in [1.54, 1.807) is 7.05 Å². The zero-order valence-corrected chi connectivity index (χ0v) is 15.7. The van der Waals surface area contributed by atoms with E-state index in [1.165, 1.54) is 29.5 Å². The summed E-state index contributed by atoms with van der Waals surface area (Å²) in [6, 6.07) is 10.2. The summed E-state index contributed by atoms with van der Waals surface area (Å²) in [5.74, 6) is 0.452. The van der Waals surface area contributed by atoms with Crippen molar-refractivity contribution in [1.29, 1.82) is 0 Å². The highest BCUT2D eigenvalue weighted by Crippen LogP contribution is 2.32. The van der Waals surface area contributed by atoms with E-state index in [0.29, 0.717) is 17.4 Å². The normalized spacial score (nSPS) is 12.2. The third-order valence-electron chi connectivity index (χ3n) is 4.44. The number of aromatic nitrogens is 1. The number of carbonyl (C=O) groups is 1. The summed E-state index contributed by atoms with van der Waals surface area (Å²) >= 11 is 1.30. The number of benzene rings is 2. The van der Waals surface area contributed by atoms with E-state index in [9.17, 15) is 14.9 Å². The molecule has 0 saturated heterocycles. The number of amides is 1. The average molecular weight is 396 g/mol. The Bertz CT molecular complexity index is 1080. The lowest BCUT2D eigenvalue weighted by Crippen LogP contribution is -2.12. The molecular weight excluding hydrogens is 380 g/mol. The Morgan fingerprint density at radius 1 is 1.29 bits per heavy atom. The molecule has 2 aromatic carbocycles. The first-order valence-corrected chi connectivity index (χ1v) is 9.42. The SMILES string of the molecule is CNc1ccc(C(=O)Nc2nc(-c3ccc4c(c3)CCO4)cs2)cc1[N+](=O)[O-]. The van der Waals surface area contributed by atoms with E-state index in [0.717, 1.165) is 29.0 Å². The second-order valence-electron chi connectivity index (χ2n) is 6.15. The highest BCUT2D eigenvalue weighted by Gasteiger charge is 2.18. The van der Waals surface area contributed by atoms with Gasteiger partial charge in [0, 0.05) is 36.0 Å². The predicted molar refractivity (Wildman–Crippen MR) is 107 cm³/mol. The third kappa shape index (κ3) is 3.39. The fourth-order valence-corrected chi connectivity index (χ4v) is 3.73. The van der Waals surface area contributed by atoms with Crippen molar-refractivity contribution in [2.75, 3.05) is 24.3 Å². The largest absolute Gasteiger partial charge is 0.493 e. The molecular formula is C19H16N4O4S. The number of nitrogens with one attached hydrogen (secondary N) is 2. The van der Waals surface area contributed by atoms with Crippen LogP contribution in [0.1, 0.15) is 15.9 Å². The second kappa shape index (κ2) is 7.28. The van der Waals surface area contributed by atoms with E-state index >= 15 is 0 Å². The van der Waals surface area contributed by atoms with Crippen molar-refractivity contribution in [2.45, 2.75) is 6.42 Å². The van der Waals surface area contributed by atoms with E-state index in [2.05, 4.69) is 15.6 Å². The Balaban J connectivity index is 1.53. The molecule has 3 aromatic rings. The van der Waals surface area contributed by atoms with Gasteiger partial charge in [-0.05, 0) is 35.9 Å². The van der Waals surface area contributed by atoms with Crippen LogP contribution < -0.4 is 15.4 Å². The summed E-state index contributed by atoms with van der Waals surface area (Å²) in [5, 5.41) is 18.9. The maximum Gasteiger partial charge on any atom is 0.293 e. The number of hydrogen-bond donors (Lipinski definition) is 2. The van der Waals surface area contributed by atoms with Crippen molar-refractivity contribution < 1.29 is 14.5 Å². The zero-order chi connectivity index (χ0) is 19.7. The van der Waals surface area contributed by atoms with Crippen LogP contribution in [0.25, 0.3) is 11.3 Å². The molecule has 1 aromatic heterocycles. The van der Waals surface area contributed by atoms with Crippen LogP contribution in [0.5, 0.6) is 5.75 Å². The summed E-state index contributed by atoms with van der Waals surface area (Å²) in [6.07, 6.45) is 0.873. The summed E-state index contributed by atoms with van der Waals surface area (Å²) in [7, 11) is 1.59. The number of nitro groups is 1. The molecule has 0 unspecified atom stereocenters. The van der Waals surface area contributed by atoms with Crippen LogP contribution in [0.4, 0.5) is 16.5 Å². The minimum Gasteiger partial charge on any atom is -0.493 e. The molecule has 1 aliphatic heterocycles. The lowest BCUT2D eigenvalue weighted by atomic mass is 10.1. The minimum atomic E-state index is -0.526. The Kier molecular flexibility index (Phi) is 4.66. The second-order valence-corrected chi connectivity index (χ2v) is 7.01. The quantitative estimate of drug-likeness (QED) is 0.500. The number of nitro benzene ring substituents is 1. The molecule has 9 heteroatoms. The van der Waals surface area contributed by atoms with Gasteiger partial charge in [0.25, 0.3) is 11.6 Å². The predicted octanol–water partition coefficient (Wildman–Crippen LogP) is 3.95. The minimum absolute atomic E-state index is 0.157. The first kappa shape index (κ1) is 17.9. The van der Waals surface area contributed by atoms with Crippen LogP contribution in [-0.4, -0.2) is 29.5 Å². The van der Waals surface area contributed by atoms with Crippen molar-refractivity contribution in [1.82, 2.24) is 4.98 Å². The molecule has 1 aliphatic rings. The van der Waals surface area contributed by atoms with Crippen LogP contribution in [0.3, 0.4) is 0 Å². The Labute approximate surface area is 164 Å². The molecule has 4 rings (SSSR count). The summed E-state index contributed by atoms with van der Waals surface area (Å²) in [4.78, 5) is 27.6. The number of hydrogen-bond acceptors (Lipinski definition) is 7. The lowest BCUT2D eigenvalue weighted by Gasteiger charge is -2.05. The van der Waals surface area contributed by atoms with Gasteiger partial charge in [-0.2, -0.15) is 0 Å². The smallest absolute Gasteiger partial charge is 0.293 e. The standard InChI is InChI=1S/C19H16N4O4S/c1-20-14-4-2-13(9-16(14)23(25)26)18(24)22-19-21-15(10-28-19)11-3-5-17-12(8-11)6-7-27-17/h2-5,8-10,20H,6-7H2,1H3,(H,21,22,24). The molecule has 1 amide bonds. The average Bonchev–Trinajstić information content (AvgIpc) is 3.35. The number of fused-ring (bicyclic) bond motifs is 1. The molecule has 0 atom stereocenters. The number of thiazole rings is 1. The van der Waals surface area contributed by atoms with Crippen LogP contribution in [0, 0.1) is 10.1 Å². The van der Waals surface area contributed by atoms with Crippen molar-refractivity contribution >= 4 is 33.8 Å². The van der Waals surface area contributed by atoms with Crippen molar-refractivity contribution in [3.8, 4) is 17.0 Å². The van der Waals surface area contributed by atoms with Gasteiger partial charge < -0.3 is 10.1 Å². The number of ether oxygens (including phenoxy) is 1. The molecule has 0 radical (unpaired) electrons. The summed E-state index contributed by atoms with van der Waals surface area (Å²) < 4.78 is 5.51. The van der Waals surface area contributed by atoms with Gasteiger partial charge in [0.1, 0.15) is 11.4 Å². The van der Waals surface area contributed by atoms with Gasteiger partial charge >= 0.3 is 0 Å². The third-order valence-corrected chi connectivity index (χ3v) is 5.19. The van der Waals surface area contributed by atoms with Crippen molar-refractivity contribution in [3.05, 3.63) is 63.0 Å². The zero-order valence-electron chi connectivity index (χ0n) is 14.9. The molecule has 2 N–H and O–H groups in total. The van der Waals surface area contributed by atoms with Gasteiger partial charge in [0.15, 0.2) is 5.13 Å². The highest BCUT2D eigenvalue weighted by atomic mass is 32.1. The molecule has 0 saturated carbocycles. The fourth-order valence-electron chi connectivity index (χ4n) is 3.01. The molecule has 28 heavy (non-hydrogen) atoms. The van der Waals surface area contributed by atoms with Crippen LogP contribution in [0.2, 0.25) is 0 Å². The van der Waals surface area contributed by atoms with Gasteiger partial charge in [-0.25, -0.2) is 4.98 Å². The first-order chi connectivity index (χ1) is 13.5. The molecule has 8 nitrogen and oxygen atoms in total. The van der Waals surface area contributed by atoms with Crippen LogP contribution in [0.15, 0.2) is 41.8 Å². The number of anilines is 2. The Hall–Kier alpha value is -3.46. The molecule has 0 bridgehead atoms. The maximum atomic E-state index is 12.5. The van der Waals surface area contributed by atoms with E-state index < -0.39 is 10.8 Å². The lowest BCUT2D eigenvalue weighted by molar-refractivity contribution is -0.384. The van der Waals surface area contributed by atoms with E-state index in [1.807, 2.05) is 23.6 Å². The number of rotatable bonds is 5. The number of nitrogens with zero attached hydrogens (tertiary/aromatic N) is 2. The van der Waals surface area contributed by atoms with Gasteiger partial charge in [-0.3, -0.25) is 20.2 Å². The Morgan fingerprint density at radius 2 is 2.14 bits per heavy atom. The van der Waals surface area contributed by atoms with E-state index in [-0.39, 0.29) is 11.3 Å². The molecule has 0 spiro atoms. The Morgan fingerprint density at radius 3 is 2.93 bits per heavy atom. The van der Waals surface area contributed by atoms with Crippen molar-refractivity contribution in [2.24, 2.45) is 0 Å². The van der Waals surface area contributed by atoms with Gasteiger partial charge in [0.05, 0.1) is 17.2 Å². The van der Waals surface area contributed by atoms with Gasteiger partial charge in [-0.15, -0.1) is 11.3 Å². The monoisotopic (exact) mass is 396 g/mol. The summed E-state index contributed by atoms with van der Waals surface area (Å²) in [6.45, 7) is 0.690. The van der Waals surface area contributed by atoms with Crippen LogP contribution >= 0.6 is 11.3 Å². The molecule has 0 aliphatic carbocycles. The van der Waals surface area contributed by atoms with Crippen molar-refractivity contribution in [3.63, 3.8) is 0 Å². The maximum absolute atomic E-state index is 12.5. The van der Waals surface area contributed by atoms with Gasteiger partial charge in [-0.1, -0.05) is 0 Å². The van der Waals surface area contributed by atoms with Crippen LogP contribution in [-0.2, 0) is 6.42 Å². The molecule has 2 heterocycles. The topological polar surface area (TPSA) is 106 Å². The molecule has 142 valence electrons. The fraction of sp³-hybridized carbons (Fsp3) is 0.158. The first-order valence-electron chi connectivity index (χ1n) is 8.54. The highest BCUT2D eigenvalue weighted by molar-refractivity contribution is 7.14. The van der Waals surface area contributed by atoms with Gasteiger partial charge in [0.2, 0.25) is 0 Å². The molecule has 0 fully saturated rings.